The Morgan fingerprint density at radius 3 is 2.12 bits per heavy atom. The molecular formula is C13H30N2O2. The van der Waals surface area contributed by atoms with Crippen molar-refractivity contribution < 1.29 is 9.53 Å². The van der Waals surface area contributed by atoms with Gasteiger partial charge in [-0.1, -0.05) is 34.1 Å². The van der Waals surface area contributed by atoms with E-state index < -0.39 is 5.91 Å². The van der Waals surface area contributed by atoms with Crippen molar-refractivity contribution in [1.29, 1.82) is 0 Å². The summed E-state index contributed by atoms with van der Waals surface area (Å²) in [5.41, 5.74) is 4.93. The van der Waals surface area contributed by atoms with E-state index in [0.29, 0.717) is 6.61 Å². The minimum atomic E-state index is -0.390. The van der Waals surface area contributed by atoms with Crippen LogP contribution in [0, 0.1) is 0 Å². The Labute approximate surface area is 106 Å². The molecule has 1 heterocycles. The van der Waals surface area contributed by atoms with Crippen LogP contribution in [0.5, 0.6) is 0 Å². The molecule has 104 valence electrons. The summed E-state index contributed by atoms with van der Waals surface area (Å²) in [6, 6.07) is 0. The molecule has 1 amide bonds. The maximum Gasteiger partial charge on any atom is 0.243 e. The van der Waals surface area contributed by atoms with E-state index in [1.807, 2.05) is 27.7 Å². The van der Waals surface area contributed by atoms with E-state index in [0.717, 1.165) is 6.54 Å². The number of carbonyl (C=O) groups excluding carboxylic acids is 1. The molecule has 0 aromatic heterocycles. The number of piperidine rings is 1. The number of primary amides is 1. The summed E-state index contributed by atoms with van der Waals surface area (Å²) < 4.78 is 5.08. The Morgan fingerprint density at radius 2 is 1.65 bits per heavy atom. The van der Waals surface area contributed by atoms with Gasteiger partial charge in [-0.25, -0.2) is 0 Å². The molecule has 0 spiro atoms. The van der Waals surface area contributed by atoms with Gasteiger partial charge in [0.2, 0.25) is 5.91 Å². The molecule has 17 heavy (non-hydrogen) atoms. The largest absolute Gasteiger partial charge is 0.370 e. The lowest BCUT2D eigenvalue weighted by Crippen LogP contribution is -2.33. The lowest BCUT2D eigenvalue weighted by Gasteiger charge is -2.25. The van der Waals surface area contributed by atoms with E-state index in [2.05, 4.69) is 4.90 Å². The van der Waals surface area contributed by atoms with Crippen LogP contribution in [-0.4, -0.2) is 43.7 Å². The molecule has 1 fully saturated rings. The summed E-state index contributed by atoms with van der Waals surface area (Å²) in [4.78, 5) is 12.7. The van der Waals surface area contributed by atoms with E-state index in [1.165, 1.54) is 32.4 Å². The Balaban J connectivity index is 0. The van der Waals surface area contributed by atoms with Gasteiger partial charge in [-0.2, -0.15) is 0 Å². The molecule has 0 aliphatic carbocycles. The second-order valence-corrected chi connectivity index (χ2v) is 3.42. The standard InChI is InChI=1S/C9H18N2O2.2C2H6/c10-9(12)8-13-7-6-11-4-2-1-3-5-11;2*1-2/h1-8H2,(H2,10,12);2*1-2H3. The van der Waals surface area contributed by atoms with Crippen molar-refractivity contribution in [1.82, 2.24) is 4.90 Å². The van der Waals surface area contributed by atoms with Crippen molar-refractivity contribution in [3.63, 3.8) is 0 Å². The number of nitrogens with two attached hydrogens (primary N) is 1. The van der Waals surface area contributed by atoms with Gasteiger partial charge >= 0.3 is 0 Å². The van der Waals surface area contributed by atoms with Gasteiger partial charge in [0.1, 0.15) is 6.61 Å². The van der Waals surface area contributed by atoms with Crippen molar-refractivity contribution in [3.05, 3.63) is 0 Å². The third kappa shape index (κ3) is 13.3. The molecular weight excluding hydrogens is 216 g/mol. The highest BCUT2D eigenvalue weighted by molar-refractivity contribution is 5.74. The topological polar surface area (TPSA) is 55.6 Å². The Morgan fingerprint density at radius 1 is 1.12 bits per heavy atom. The number of carbonyl (C=O) groups is 1. The van der Waals surface area contributed by atoms with Gasteiger partial charge in [0.05, 0.1) is 6.61 Å². The second-order valence-electron chi connectivity index (χ2n) is 3.42. The predicted octanol–water partition coefficient (Wildman–Crippen LogP) is 2.03. The minimum absolute atomic E-state index is 0.0494. The van der Waals surface area contributed by atoms with Crippen LogP contribution in [0.1, 0.15) is 47.0 Å². The van der Waals surface area contributed by atoms with Gasteiger partial charge in [0.15, 0.2) is 0 Å². The Kier molecular flexibility index (Phi) is 17.0. The summed E-state index contributed by atoms with van der Waals surface area (Å²) in [5, 5.41) is 0. The van der Waals surface area contributed by atoms with E-state index >= 15 is 0 Å². The number of ether oxygens (including phenoxy) is 1. The van der Waals surface area contributed by atoms with Gasteiger partial charge in [0.25, 0.3) is 0 Å². The lowest BCUT2D eigenvalue weighted by atomic mass is 10.1. The zero-order valence-electron chi connectivity index (χ0n) is 12.0. The van der Waals surface area contributed by atoms with E-state index in [9.17, 15) is 4.79 Å². The van der Waals surface area contributed by atoms with Crippen LogP contribution in [0.3, 0.4) is 0 Å². The number of nitrogens with zero attached hydrogens (tertiary/aromatic N) is 1. The molecule has 0 unspecified atom stereocenters. The van der Waals surface area contributed by atoms with E-state index in [1.54, 1.807) is 0 Å². The molecule has 1 aliphatic rings. The van der Waals surface area contributed by atoms with E-state index in [-0.39, 0.29) is 6.61 Å². The Hall–Kier alpha value is -0.610. The fourth-order valence-corrected chi connectivity index (χ4v) is 1.55. The molecule has 0 aromatic rings. The van der Waals surface area contributed by atoms with Crippen molar-refractivity contribution >= 4 is 5.91 Å². The van der Waals surface area contributed by atoms with Crippen LogP contribution in [0.4, 0.5) is 0 Å². The van der Waals surface area contributed by atoms with Crippen molar-refractivity contribution in [2.75, 3.05) is 32.8 Å². The summed E-state index contributed by atoms with van der Waals surface area (Å²) in [6.45, 7) is 11.9. The Bertz CT molecular complexity index is 157. The molecule has 1 rings (SSSR count). The first-order valence-corrected chi connectivity index (χ1v) is 6.87. The highest BCUT2D eigenvalue weighted by Gasteiger charge is 2.08. The average molecular weight is 246 g/mol. The molecule has 1 aliphatic heterocycles. The molecule has 0 aromatic carbocycles. The highest BCUT2D eigenvalue weighted by Crippen LogP contribution is 2.07. The first-order valence-electron chi connectivity index (χ1n) is 6.87. The number of amides is 1. The van der Waals surface area contributed by atoms with Gasteiger partial charge in [-0.3, -0.25) is 4.79 Å². The number of rotatable bonds is 5. The van der Waals surface area contributed by atoms with Crippen LogP contribution in [0.15, 0.2) is 0 Å². The molecule has 2 N–H and O–H groups in total. The maximum atomic E-state index is 10.3. The normalized spacial score (nSPS) is 15.1. The summed E-state index contributed by atoms with van der Waals surface area (Å²) >= 11 is 0. The first kappa shape index (κ1) is 18.7. The van der Waals surface area contributed by atoms with Crippen LogP contribution in [-0.2, 0) is 9.53 Å². The van der Waals surface area contributed by atoms with Gasteiger partial charge in [-0.05, 0) is 25.9 Å². The van der Waals surface area contributed by atoms with Gasteiger partial charge < -0.3 is 15.4 Å². The highest BCUT2D eigenvalue weighted by atomic mass is 16.5. The SMILES string of the molecule is CC.CC.NC(=O)COCCN1CCCCC1. The fourth-order valence-electron chi connectivity index (χ4n) is 1.55. The smallest absolute Gasteiger partial charge is 0.243 e. The predicted molar refractivity (Wildman–Crippen MR) is 73.0 cm³/mol. The fraction of sp³-hybridized carbons (Fsp3) is 0.923. The molecule has 1 saturated heterocycles. The number of likely N-dealkylation sites (tertiary alicyclic amines) is 1. The monoisotopic (exact) mass is 246 g/mol. The molecule has 0 bridgehead atoms. The third-order valence-corrected chi connectivity index (χ3v) is 2.24. The van der Waals surface area contributed by atoms with Crippen LogP contribution < -0.4 is 5.73 Å². The minimum Gasteiger partial charge on any atom is -0.370 e. The third-order valence-electron chi connectivity index (χ3n) is 2.24. The number of hydrogen-bond acceptors (Lipinski definition) is 3. The summed E-state index contributed by atoms with van der Waals surface area (Å²) in [6.07, 6.45) is 3.92. The molecule has 0 radical (unpaired) electrons. The van der Waals surface area contributed by atoms with Crippen LogP contribution >= 0.6 is 0 Å². The first-order chi connectivity index (χ1) is 8.29. The number of hydrogen-bond donors (Lipinski definition) is 1. The molecule has 0 saturated carbocycles. The molecule has 0 atom stereocenters. The van der Waals surface area contributed by atoms with Crippen molar-refractivity contribution in [2.24, 2.45) is 5.73 Å². The molecule has 4 nitrogen and oxygen atoms in total. The molecule has 4 heteroatoms. The maximum absolute atomic E-state index is 10.3. The summed E-state index contributed by atoms with van der Waals surface area (Å²) in [5.74, 6) is -0.390. The van der Waals surface area contributed by atoms with Crippen molar-refractivity contribution in [3.8, 4) is 0 Å². The zero-order chi connectivity index (χ0) is 13.5. The van der Waals surface area contributed by atoms with Gasteiger partial charge in [-0.15, -0.1) is 0 Å². The lowest BCUT2D eigenvalue weighted by molar-refractivity contribution is -0.122. The quantitative estimate of drug-likeness (QED) is 0.755. The summed E-state index contributed by atoms with van der Waals surface area (Å²) in [7, 11) is 0. The van der Waals surface area contributed by atoms with Crippen LogP contribution in [0.25, 0.3) is 0 Å². The van der Waals surface area contributed by atoms with Crippen molar-refractivity contribution in [2.45, 2.75) is 47.0 Å². The average Bonchev–Trinajstić information content (AvgIpc) is 2.40. The van der Waals surface area contributed by atoms with Gasteiger partial charge in [0, 0.05) is 6.54 Å². The second kappa shape index (κ2) is 15.4. The van der Waals surface area contributed by atoms with Crippen LogP contribution in [0.2, 0.25) is 0 Å². The van der Waals surface area contributed by atoms with E-state index in [4.69, 9.17) is 10.5 Å². The zero-order valence-corrected chi connectivity index (χ0v) is 12.0.